The first-order chi connectivity index (χ1) is 11.9. The van der Waals surface area contributed by atoms with E-state index in [1.54, 1.807) is 29.1 Å². The molecule has 1 aromatic heterocycles. The number of rotatable bonds is 5. The molecule has 1 fully saturated rings. The van der Waals surface area contributed by atoms with E-state index in [9.17, 15) is 14.0 Å². The second-order valence-corrected chi connectivity index (χ2v) is 6.37. The van der Waals surface area contributed by atoms with Crippen molar-refractivity contribution < 1.29 is 14.0 Å². The van der Waals surface area contributed by atoms with Crippen molar-refractivity contribution >= 4 is 11.9 Å². The third-order valence-corrected chi connectivity index (χ3v) is 4.15. The minimum absolute atomic E-state index is 0.0102. The van der Waals surface area contributed by atoms with Crippen molar-refractivity contribution in [3.8, 4) is 5.69 Å². The summed E-state index contributed by atoms with van der Waals surface area (Å²) in [6, 6.07) is 7.45. The van der Waals surface area contributed by atoms with Crippen LogP contribution in [0.1, 0.15) is 25.5 Å². The van der Waals surface area contributed by atoms with Crippen LogP contribution >= 0.6 is 0 Å². The average molecular weight is 345 g/mol. The number of hydrogen-bond donors (Lipinski definition) is 3. The summed E-state index contributed by atoms with van der Waals surface area (Å²) >= 11 is 0. The summed E-state index contributed by atoms with van der Waals surface area (Å²) in [7, 11) is 0. The van der Waals surface area contributed by atoms with Crippen LogP contribution in [0, 0.1) is 5.82 Å². The molecule has 7 nitrogen and oxygen atoms in total. The molecular weight excluding hydrogens is 325 g/mol. The van der Waals surface area contributed by atoms with Gasteiger partial charge in [-0.25, -0.2) is 13.9 Å². The zero-order chi connectivity index (χ0) is 17.9. The normalized spacial score (nSPS) is 19.5. The van der Waals surface area contributed by atoms with Crippen molar-refractivity contribution in [1.29, 1.82) is 0 Å². The largest absolute Gasteiger partial charge is 0.349 e. The number of nitrogens with zero attached hydrogens (tertiary/aromatic N) is 2. The Kier molecular flexibility index (Phi) is 4.69. The molecule has 2 aromatic rings. The van der Waals surface area contributed by atoms with Crippen LogP contribution in [0.3, 0.4) is 0 Å². The lowest BCUT2D eigenvalue weighted by Gasteiger charge is -2.24. The fraction of sp³-hybridized carbons (Fsp3) is 0.353. The fourth-order valence-corrected chi connectivity index (χ4v) is 2.69. The monoisotopic (exact) mass is 345 g/mol. The molecular formula is C17H20FN5O2. The van der Waals surface area contributed by atoms with Gasteiger partial charge in [-0.1, -0.05) is 0 Å². The van der Waals surface area contributed by atoms with E-state index in [0.29, 0.717) is 25.1 Å². The van der Waals surface area contributed by atoms with E-state index in [1.165, 1.54) is 12.1 Å². The Hall–Kier alpha value is -2.90. The molecule has 1 atom stereocenters. The predicted molar refractivity (Wildman–Crippen MR) is 89.5 cm³/mol. The smallest absolute Gasteiger partial charge is 0.315 e. The molecule has 1 unspecified atom stereocenters. The van der Waals surface area contributed by atoms with Crippen LogP contribution in [0.2, 0.25) is 0 Å². The van der Waals surface area contributed by atoms with Gasteiger partial charge in [0.1, 0.15) is 5.82 Å². The molecule has 0 spiro atoms. The van der Waals surface area contributed by atoms with E-state index in [-0.39, 0.29) is 24.3 Å². The number of halogens is 1. The molecule has 1 aromatic carbocycles. The Balaban J connectivity index is 1.48. The van der Waals surface area contributed by atoms with Crippen molar-refractivity contribution in [1.82, 2.24) is 25.7 Å². The molecule has 1 saturated heterocycles. The fourth-order valence-electron chi connectivity index (χ4n) is 2.69. The Labute approximate surface area is 144 Å². The Morgan fingerprint density at radius 1 is 1.32 bits per heavy atom. The number of nitrogens with one attached hydrogen (secondary N) is 3. The second kappa shape index (κ2) is 6.92. The molecule has 0 radical (unpaired) electrons. The Morgan fingerprint density at radius 2 is 2.08 bits per heavy atom. The van der Waals surface area contributed by atoms with E-state index in [0.717, 1.165) is 5.69 Å². The van der Waals surface area contributed by atoms with E-state index in [2.05, 4.69) is 21.0 Å². The van der Waals surface area contributed by atoms with E-state index in [4.69, 9.17) is 0 Å². The summed E-state index contributed by atoms with van der Waals surface area (Å²) in [5, 5.41) is 12.7. The quantitative estimate of drug-likeness (QED) is 0.767. The highest BCUT2D eigenvalue weighted by molar-refractivity contribution is 5.80. The van der Waals surface area contributed by atoms with Crippen LogP contribution < -0.4 is 16.0 Å². The number of hydrogen-bond acceptors (Lipinski definition) is 3. The zero-order valence-corrected chi connectivity index (χ0v) is 13.9. The van der Waals surface area contributed by atoms with Gasteiger partial charge in [-0.15, -0.1) is 0 Å². The van der Waals surface area contributed by atoms with Gasteiger partial charge in [-0.3, -0.25) is 4.79 Å². The maximum atomic E-state index is 12.9. The molecule has 3 amide bonds. The first-order valence-electron chi connectivity index (χ1n) is 8.07. The predicted octanol–water partition coefficient (Wildman–Crippen LogP) is 1.48. The standard InChI is InChI=1S/C17H20FN5O2/c1-17(8-6-15(24)21-17)11-20-16(25)19-10-13-7-9-23(22-13)14-4-2-12(18)3-5-14/h2-5,7,9H,6,8,10-11H2,1H3,(H,21,24)(H2,19,20,25). The minimum atomic E-state index is -0.390. The average Bonchev–Trinajstić information content (AvgIpc) is 3.19. The molecule has 3 N–H and O–H groups in total. The van der Waals surface area contributed by atoms with Gasteiger partial charge in [0.25, 0.3) is 0 Å². The lowest BCUT2D eigenvalue weighted by molar-refractivity contribution is -0.119. The van der Waals surface area contributed by atoms with Gasteiger partial charge < -0.3 is 16.0 Å². The van der Waals surface area contributed by atoms with Gasteiger partial charge in [0.15, 0.2) is 0 Å². The summed E-state index contributed by atoms with van der Waals surface area (Å²) in [6.07, 6.45) is 2.94. The first kappa shape index (κ1) is 16.9. The van der Waals surface area contributed by atoms with Crippen LogP contribution in [0.5, 0.6) is 0 Å². The first-order valence-corrected chi connectivity index (χ1v) is 8.07. The number of carbonyl (C=O) groups is 2. The van der Waals surface area contributed by atoms with Gasteiger partial charge in [-0.05, 0) is 43.7 Å². The van der Waals surface area contributed by atoms with E-state index < -0.39 is 5.54 Å². The Morgan fingerprint density at radius 3 is 2.76 bits per heavy atom. The molecule has 0 saturated carbocycles. The maximum absolute atomic E-state index is 12.9. The molecule has 8 heteroatoms. The lowest BCUT2D eigenvalue weighted by atomic mass is 10.0. The molecule has 132 valence electrons. The summed E-state index contributed by atoms with van der Waals surface area (Å²) in [5.41, 5.74) is 1.03. The summed E-state index contributed by atoms with van der Waals surface area (Å²) in [4.78, 5) is 23.2. The number of carbonyl (C=O) groups excluding carboxylic acids is 2. The summed E-state index contributed by atoms with van der Waals surface area (Å²) in [5.74, 6) is -0.294. The van der Waals surface area contributed by atoms with Gasteiger partial charge in [0.2, 0.25) is 5.91 Å². The molecule has 1 aliphatic heterocycles. The zero-order valence-electron chi connectivity index (χ0n) is 13.9. The van der Waals surface area contributed by atoms with Crippen molar-refractivity contribution in [2.45, 2.75) is 31.8 Å². The van der Waals surface area contributed by atoms with Gasteiger partial charge in [-0.2, -0.15) is 5.10 Å². The van der Waals surface area contributed by atoms with Crippen molar-refractivity contribution in [2.24, 2.45) is 0 Å². The van der Waals surface area contributed by atoms with E-state index in [1.807, 2.05) is 6.92 Å². The highest BCUT2D eigenvalue weighted by Gasteiger charge is 2.33. The second-order valence-electron chi connectivity index (χ2n) is 6.37. The van der Waals surface area contributed by atoms with E-state index >= 15 is 0 Å². The number of urea groups is 1. The van der Waals surface area contributed by atoms with Crippen molar-refractivity contribution in [3.05, 3.63) is 48.0 Å². The molecule has 3 rings (SSSR count). The lowest BCUT2D eigenvalue weighted by Crippen LogP contribution is -2.50. The van der Waals surface area contributed by atoms with Crippen molar-refractivity contribution in [3.63, 3.8) is 0 Å². The molecule has 2 heterocycles. The van der Waals surface area contributed by atoms with Gasteiger partial charge in [0, 0.05) is 19.2 Å². The number of amides is 3. The SMILES string of the molecule is CC1(CNC(=O)NCc2ccn(-c3ccc(F)cc3)n2)CCC(=O)N1. The summed E-state index contributed by atoms with van der Waals surface area (Å²) < 4.78 is 14.6. The van der Waals surface area contributed by atoms with Crippen LogP contribution in [0.4, 0.5) is 9.18 Å². The van der Waals surface area contributed by atoms with Crippen LogP contribution in [0.15, 0.2) is 36.5 Å². The van der Waals surface area contributed by atoms with Crippen molar-refractivity contribution in [2.75, 3.05) is 6.54 Å². The summed E-state index contributed by atoms with van der Waals surface area (Å²) in [6.45, 7) is 2.54. The number of benzene rings is 1. The van der Waals surface area contributed by atoms with Crippen LogP contribution in [0.25, 0.3) is 5.69 Å². The van der Waals surface area contributed by atoms with Crippen LogP contribution in [-0.2, 0) is 11.3 Å². The topological polar surface area (TPSA) is 88.1 Å². The van der Waals surface area contributed by atoms with Crippen LogP contribution in [-0.4, -0.2) is 33.8 Å². The molecule has 0 bridgehead atoms. The number of aromatic nitrogens is 2. The minimum Gasteiger partial charge on any atom is -0.349 e. The highest BCUT2D eigenvalue weighted by atomic mass is 19.1. The van der Waals surface area contributed by atoms with Gasteiger partial charge >= 0.3 is 6.03 Å². The maximum Gasteiger partial charge on any atom is 0.315 e. The third-order valence-electron chi connectivity index (χ3n) is 4.15. The molecule has 1 aliphatic rings. The highest BCUT2D eigenvalue weighted by Crippen LogP contribution is 2.18. The van der Waals surface area contributed by atoms with Gasteiger partial charge in [0.05, 0.1) is 23.5 Å². The third kappa shape index (κ3) is 4.34. The Bertz CT molecular complexity index is 774. The molecule has 25 heavy (non-hydrogen) atoms. The molecule has 0 aliphatic carbocycles.